The molecule has 2 aromatic heterocycles. The van der Waals surface area contributed by atoms with E-state index >= 15 is 0 Å². The number of sulfonamides is 1. The number of benzene rings is 4. The van der Waals surface area contributed by atoms with Crippen LogP contribution < -0.4 is 19.7 Å². The molecule has 2 aliphatic heterocycles. The molecule has 0 saturated carbocycles. The topological polar surface area (TPSA) is 178 Å². The minimum absolute atomic E-state index is 0.0676. The van der Waals surface area contributed by atoms with Gasteiger partial charge in [-0.1, -0.05) is 42.5 Å². The van der Waals surface area contributed by atoms with Crippen molar-refractivity contribution in [2.75, 3.05) is 43.6 Å². The Morgan fingerprint density at radius 1 is 0.983 bits per heavy atom. The first-order valence-corrected chi connectivity index (χ1v) is 21.0. The third kappa shape index (κ3) is 8.77. The van der Waals surface area contributed by atoms with Gasteiger partial charge in [0, 0.05) is 56.7 Å². The summed E-state index contributed by atoms with van der Waals surface area (Å²) in [6.45, 7) is 3.19. The van der Waals surface area contributed by atoms with Crippen molar-refractivity contribution in [3.8, 4) is 22.6 Å². The van der Waals surface area contributed by atoms with E-state index in [9.17, 15) is 23.3 Å². The maximum absolute atomic E-state index is 13.9. The first-order chi connectivity index (χ1) is 28.7. The molecule has 14 nitrogen and oxygen atoms in total. The summed E-state index contributed by atoms with van der Waals surface area (Å²) >= 11 is 0. The molecule has 3 N–H and O–H groups in total. The normalized spacial score (nSPS) is 15.9. The van der Waals surface area contributed by atoms with E-state index in [0.717, 1.165) is 60.5 Å². The second-order valence-electron chi connectivity index (χ2n) is 14.7. The van der Waals surface area contributed by atoms with E-state index in [1.165, 1.54) is 35.5 Å². The number of hydrogen-bond donors (Lipinski definition) is 3. The Morgan fingerprint density at radius 3 is 2.58 bits per heavy atom. The van der Waals surface area contributed by atoms with E-state index in [2.05, 4.69) is 55.2 Å². The number of aromatic amines is 1. The molecule has 304 valence electrons. The average molecular weight is 817 g/mol. The first-order valence-electron chi connectivity index (χ1n) is 19.5. The predicted molar refractivity (Wildman–Crippen MR) is 224 cm³/mol. The fraction of sp³-hybridized carbons (Fsp3) is 0.273. The van der Waals surface area contributed by atoms with Crippen LogP contribution in [0, 0.1) is 16.0 Å². The zero-order chi connectivity index (χ0) is 40.9. The second-order valence-corrected chi connectivity index (χ2v) is 16.4. The first kappa shape index (κ1) is 39.5. The zero-order valence-electron chi connectivity index (χ0n) is 32.4. The summed E-state index contributed by atoms with van der Waals surface area (Å²) in [7, 11) is -2.86. The number of nitrogens with zero attached hydrogens (tertiary/aromatic N) is 3. The number of anilines is 2. The third-order valence-electron chi connectivity index (χ3n) is 11.0. The van der Waals surface area contributed by atoms with Crippen LogP contribution in [-0.4, -0.2) is 62.6 Å². The molecule has 1 amide bonds. The van der Waals surface area contributed by atoms with Gasteiger partial charge < -0.3 is 29.4 Å². The Kier molecular flexibility index (Phi) is 11.6. The van der Waals surface area contributed by atoms with Gasteiger partial charge in [0.15, 0.2) is 0 Å². The van der Waals surface area contributed by atoms with Gasteiger partial charge in [0.2, 0.25) is 0 Å². The molecule has 1 atom stereocenters. The fourth-order valence-corrected chi connectivity index (χ4v) is 8.87. The number of amides is 1. The van der Waals surface area contributed by atoms with Crippen molar-refractivity contribution in [1.82, 2.24) is 14.7 Å². The number of carbonyl (C=O) groups is 1. The SMILES string of the molecule is COCc1ccccc1C1CCCN1c1ccc(-c2ccc(C(=O)NS(=O)(=O)c3ccc(NCC4CCOCC4)c([N+](=O)[O-])c3)c(Oc3cnc4[nH]ccc4c3)c2)cc1. The van der Waals surface area contributed by atoms with Gasteiger partial charge in [0.1, 0.15) is 22.8 Å². The number of aromatic nitrogens is 2. The summed E-state index contributed by atoms with van der Waals surface area (Å²) in [5, 5.41) is 15.9. The number of pyridine rings is 1. The molecule has 15 heteroatoms. The highest BCUT2D eigenvalue weighted by molar-refractivity contribution is 7.90. The highest BCUT2D eigenvalue weighted by Gasteiger charge is 2.29. The van der Waals surface area contributed by atoms with E-state index in [4.69, 9.17) is 14.2 Å². The number of ether oxygens (including phenoxy) is 3. The molecule has 2 aliphatic rings. The van der Waals surface area contributed by atoms with Crippen LogP contribution >= 0.6 is 0 Å². The monoisotopic (exact) mass is 816 g/mol. The molecule has 0 aliphatic carbocycles. The van der Waals surface area contributed by atoms with Crippen LogP contribution in [0.5, 0.6) is 11.5 Å². The van der Waals surface area contributed by atoms with Gasteiger partial charge in [-0.15, -0.1) is 0 Å². The summed E-state index contributed by atoms with van der Waals surface area (Å²) in [5.74, 6) is -0.290. The van der Waals surface area contributed by atoms with Crippen LogP contribution in [0.25, 0.3) is 22.2 Å². The molecule has 0 spiro atoms. The van der Waals surface area contributed by atoms with Crippen LogP contribution in [0.3, 0.4) is 0 Å². The van der Waals surface area contributed by atoms with E-state index in [1.807, 2.05) is 24.3 Å². The van der Waals surface area contributed by atoms with E-state index in [1.54, 1.807) is 31.5 Å². The van der Waals surface area contributed by atoms with Crippen molar-refractivity contribution < 1.29 is 32.3 Å². The highest BCUT2D eigenvalue weighted by atomic mass is 32.2. The van der Waals surface area contributed by atoms with Crippen LogP contribution in [0.4, 0.5) is 17.1 Å². The molecule has 0 radical (unpaired) electrons. The Morgan fingerprint density at radius 2 is 1.78 bits per heavy atom. The zero-order valence-corrected chi connectivity index (χ0v) is 33.2. The smallest absolute Gasteiger partial charge is 0.293 e. The van der Waals surface area contributed by atoms with E-state index in [-0.39, 0.29) is 29.0 Å². The number of nitro groups is 1. The summed E-state index contributed by atoms with van der Waals surface area (Å²) in [4.78, 5) is 34.7. The van der Waals surface area contributed by atoms with Gasteiger partial charge in [-0.2, -0.15) is 0 Å². The number of nitrogens with one attached hydrogen (secondary N) is 3. The molecular weight excluding hydrogens is 773 g/mol. The lowest BCUT2D eigenvalue weighted by Gasteiger charge is -2.29. The molecule has 0 bridgehead atoms. The molecule has 1 unspecified atom stereocenters. The molecule has 4 aromatic carbocycles. The van der Waals surface area contributed by atoms with Gasteiger partial charge in [0.25, 0.3) is 21.6 Å². The molecular formula is C44H44N6O8S. The van der Waals surface area contributed by atoms with Gasteiger partial charge in [-0.25, -0.2) is 18.1 Å². The van der Waals surface area contributed by atoms with Crippen LogP contribution in [0.15, 0.2) is 114 Å². The van der Waals surface area contributed by atoms with Crippen LogP contribution in [0.2, 0.25) is 0 Å². The van der Waals surface area contributed by atoms with E-state index < -0.39 is 31.4 Å². The quantitative estimate of drug-likeness (QED) is 0.0711. The fourth-order valence-electron chi connectivity index (χ4n) is 7.89. The number of hydrogen-bond acceptors (Lipinski definition) is 11. The lowest BCUT2D eigenvalue weighted by Crippen LogP contribution is -2.31. The third-order valence-corrected chi connectivity index (χ3v) is 12.3. The molecule has 59 heavy (non-hydrogen) atoms. The average Bonchev–Trinajstić information content (AvgIpc) is 3.94. The summed E-state index contributed by atoms with van der Waals surface area (Å²) in [5.41, 5.74) is 5.44. The number of fused-ring (bicyclic) bond motifs is 1. The maximum atomic E-state index is 13.9. The number of carbonyl (C=O) groups excluding carboxylic acids is 1. The molecule has 8 rings (SSSR count). The van der Waals surface area contributed by atoms with E-state index in [0.29, 0.717) is 37.8 Å². The number of rotatable bonds is 14. The van der Waals surface area contributed by atoms with Crippen LogP contribution in [0.1, 0.15) is 53.2 Å². The highest BCUT2D eigenvalue weighted by Crippen LogP contribution is 2.39. The van der Waals surface area contributed by atoms with Crippen molar-refractivity contribution in [2.24, 2.45) is 5.92 Å². The Balaban J connectivity index is 1.06. The molecule has 4 heterocycles. The summed E-state index contributed by atoms with van der Waals surface area (Å²) < 4.78 is 46.5. The standard InChI is InChI=1S/C44H44N6O8S/c1-56-28-33-5-2-3-6-37(33)40-7-4-20-49(40)34-11-8-30(9-12-34)31-10-14-38(42(24-31)58-35-23-32-16-19-45-43(32)47-27-35)44(51)48-59(54,55)36-13-15-39(41(25-36)50(52)53)46-26-29-17-21-57-22-18-29/h2-3,5-6,8-16,19,23-25,27,29,40,46H,4,7,17-18,20-22,26,28H2,1H3,(H,45,47)(H,48,51). The van der Waals surface area contributed by atoms with Gasteiger partial charge in [-0.3, -0.25) is 14.9 Å². The maximum Gasteiger partial charge on any atom is 0.293 e. The lowest BCUT2D eigenvalue weighted by molar-refractivity contribution is -0.384. The Bertz CT molecular complexity index is 2590. The van der Waals surface area contributed by atoms with Crippen molar-refractivity contribution in [3.63, 3.8) is 0 Å². The number of nitro benzene ring substituents is 1. The van der Waals surface area contributed by atoms with Gasteiger partial charge >= 0.3 is 0 Å². The minimum atomic E-state index is -4.56. The van der Waals surface area contributed by atoms with Crippen molar-refractivity contribution in [3.05, 3.63) is 136 Å². The predicted octanol–water partition coefficient (Wildman–Crippen LogP) is 8.38. The number of methoxy groups -OCH3 is 1. The van der Waals surface area contributed by atoms with Crippen LogP contribution in [-0.2, 0) is 26.1 Å². The summed E-state index contributed by atoms with van der Waals surface area (Å²) in [6.07, 6.45) is 6.99. The molecule has 2 saturated heterocycles. The number of H-pyrrole nitrogens is 1. The second kappa shape index (κ2) is 17.3. The van der Waals surface area contributed by atoms with Crippen molar-refractivity contribution in [2.45, 2.75) is 43.2 Å². The van der Waals surface area contributed by atoms with Gasteiger partial charge in [-0.05, 0) is 102 Å². The Hall–Kier alpha value is -6.29. The molecule has 2 fully saturated rings. The van der Waals surface area contributed by atoms with Crippen molar-refractivity contribution >= 4 is 44.0 Å². The van der Waals surface area contributed by atoms with Crippen molar-refractivity contribution in [1.29, 1.82) is 0 Å². The van der Waals surface area contributed by atoms with Gasteiger partial charge in [0.05, 0.1) is 34.2 Å². The summed E-state index contributed by atoms with van der Waals surface area (Å²) in [6, 6.07) is 28.8. The lowest BCUT2D eigenvalue weighted by atomic mass is 9.98. The minimum Gasteiger partial charge on any atom is -0.455 e. The largest absolute Gasteiger partial charge is 0.455 e. The Labute approximate surface area is 341 Å². The molecule has 6 aromatic rings.